The predicted molar refractivity (Wildman–Crippen MR) is 76.2 cm³/mol. The summed E-state index contributed by atoms with van der Waals surface area (Å²) < 4.78 is 17.5. The van der Waals surface area contributed by atoms with E-state index in [0.717, 1.165) is 24.4 Å². The van der Waals surface area contributed by atoms with Crippen LogP contribution in [-0.4, -0.2) is 26.4 Å². The van der Waals surface area contributed by atoms with Gasteiger partial charge in [0.2, 0.25) is 0 Å². The molecule has 4 nitrogen and oxygen atoms in total. The van der Waals surface area contributed by atoms with Gasteiger partial charge in [0, 0.05) is 22.6 Å². The summed E-state index contributed by atoms with van der Waals surface area (Å²) in [6.07, 6.45) is 4.53. The van der Waals surface area contributed by atoms with Gasteiger partial charge in [0.1, 0.15) is 18.1 Å². The Morgan fingerprint density at radius 3 is 2.79 bits per heavy atom. The first-order valence-electron chi connectivity index (χ1n) is 7.03. The number of furan rings is 1. The van der Waals surface area contributed by atoms with Gasteiger partial charge in [0.25, 0.3) is 0 Å². The van der Waals surface area contributed by atoms with Crippen LogP contribution >= 0.6 is 0 Å². The zero-order chi connectivity index (χ0) is 13.7. The molecule has 0 saturated heterocycles. The SMILES string of the molecule is CC[S@](=O)[C@H]1CCCC[C@H]1NCc1ccc(CO)o1. The first-order valence-corrected chi connectivity index (χ1v) is 8.41. The molecule has 19 heavy (non-hydrogen) atoms. The Kier molecular flexibility index (Phi) is 5.60. The summed E-state index contributed by atoms with van der Waals surface area (Å²) in [5.41, 5.74) is 0. The molecule has 0 aliphatic heterocycles. The van der Waals surface area contributed by atoms with Crippen LogP contribution in [0.25, 0.3) is 0 Å². The van der Waals surface area contributed by atoms with E-state index in [1.807, 2.05) is 13.0 Å². The molecule has 1 aliphatic rings. The van der Waals surface area contributed by atoms with E-state index in [1.54, 1.807) is 6.07 Å². The maximum atomic E-state index is 12.1. The highest BCUT2D eigenvalue weighted by molar-refractivity contribution is 7.85. The van der Waals surface area contributed by atoms with Gasteiger partial charge >= 0.3 is 0 Å². The fraction of sp³-hybridized carbons (Fsp3) is 0.714. The van der Waals surface area contributed by atoms with Gasteiger partial charge in [-0.1, -0.05) is 19.8 Å². The van der Waals surface area contributed by atoms with Crippen molar-refractivity contribution in [3.63, 3.8) is 0 Å². The van der Waals surface area contributed by atoms with E-state index in [2.05, 4.69) is 5.32 Å². The van der Waals surface area contributed by atoms with Crippen molar-refractivity contribution < 1.29 is 13.7 Å². The van der Waals surface area contributed by atoms with Crippen molar-refractivity contribution >= 4 is 10.8 Å². The van der Waals surface area contributed by atoms with Crippen molar-refractivity contribution in [3.05, 3.63) is 23.7 Å². The highest BCUT2D eigenvalue weighted by atomic mass is 32.2. The van der Waals surface area contributed by atoms with Gasteiger partial charge in [-0.05, 0) is 25.0 Å². The molecule has 0 radical (unpaired) electrons. The lowest BCUT2D eigenvalue weighted by Crippen LogP contribution is -2.44. The molecule has 0 aromatic carbocycles. The normalized spacial score (nSPS) is 25.4. The summed E-state index contributed by atoms with van der Waals surface area (Å²) in [7, 11) is -0.731. The molecule has 1 heterocycles. The van der Waals surface area contributed by atoms with Crippen molar-refractivity contribution in [2.24, 2.45) is 0 Å². The fourth-order valence-corrected chi connectivity index (χ4v) is 4.15. The van der Waals surface area contributed by atoms with E-state index in [-0.39, 0.29) is 11.9 Å². The maximum absolute atomic E-state index is 12.1. The van der Waals surface area contributed by atoms with Crippen LogP contribution in [-0.2, 0) is 24.0 Å². The van der Waals surface area contributed by atoms with Gasteiger partial charge in [-0.15, -0.1) is 0 Å². The first-order chi connectivity index (χ1) is 9.24. The minimum atomic E-state index is -0.731. The van der Waals surface area contributed by atoms with E-state index < -0.39 is 10.8 Å². The summed E-state index contributed by atoms with van der Waals surface area (Å²) in [5, 5.41) is 12.7. The van der Waals surface area contributed by atoms with Crippen molar-refractivity contribution in [1.29, 1.82) is 0 Å². The second-order valence-electron chi connectivity index (χ2n) is 5.01. The highest BCUT2D eigenvalue weighted by Crippen LogP contribution is 2.23. The topological polar surface area (TPSA) is 62.5 Å². The van der Waals surface area contributed by atoms with Crippen molar-refractivity contribution in [2.45, 2.75) is 57.1 Å². The van der Waals surface area contributed by atoms with Gasteiger partial charge in [-0.2, -0.15) is 0 Å². The van der Waals surface area contributed by atoms with Crippen LogP contribution in [0.3, 0.4) is 0 Å². The van der Waals surface area contributed by atoms with Crippen LogP contribution in [0.15, 0.2) is 16.5 Å². The smallest absolute Gasteiger partial charge is 0.129 e. The van der Waals surface area contributed by atoms with E-state index in [0.29, 0.717) is 18.3 Å². The summed E-state index contributed by atoms with van der Waals surface area (Å²) in [6, 6.07) is 3.99. The third-order valence-electron chi connectivity index (χ3n) is 3.74. The van der Waals surface area contributed by atoms with E-state index >= 15 is 0 Å². The van der Waals surface area contributed by atoms with Crippen LogP contribution in [0.1, 0.15) is 44.1 Å². The zero-order valence-corrected chi connectivity index (χ0v) is 12.2. The van der Waals surface area contributed by atoms with E-state index in [9.17, 15) is 4.21 Å². The van der Waals surface area contributed by atoms with Gasteiger partial charge in [-0.25, -0.2) is 0 Å². The molecule has 3 atom stereocenters. The fourth-order valence-electron chi connectivity index (χ4n) is 2.69. The molecule has 1 fully saturated rings. The second-order valence-corrected chi connectivity index (χ2v) is 6.95. The number of hydrogen-bond acceptors (Lipinski definition) is 4. The Hall–Kier alpha value is -0.650. The average Bonchev–Trinajstić information content (AvgIpc) is 2.92. The molecule has 2 rings (SSSR count). The van der Waals surface area contributed by atoms with E-state index in [1.165, 1.54) is 12.8 Å². The first kappa shape index (κ1) is 14.8. The summed E-state index contributed by atoms with van der Waals surface area (Å²) in [4.78, 5) is 0. The molecule has 5 heteroatoms. The Balaban J connectivity index is 1.90. The standard InChI is InChI=1S/C14H23NO3S/c1-2-19(17)14-6-4-3-5-13(14)15-9-11-7-8-12(10-16)18-11/h7-8,13-16H,2-6,9-10H2,1H3/t13-,14+,19+/m1/s1. The molecule has 1 aromatic heterocycles. The van der Waals surface area contributed by atoms with Crippen molar-refractivity contribution in [2.75, 3.05) is 5.75 Å². The lowest BCUT2D eigenvalue weighted by atomic mass is 9.95. The van der Waals surface area contributed by atoms with Crippen LogP contribution in [0, 0.1) is 0 Å². The number of nitrogens with one attached hydrogen (secondary N) is 1. The number of rotatable bonds is 6. The number of aliphatic hydroxyl groups is 1. The summed E-state index contributed by atoms with van der Waals surface area (Å²) >= 11 is 0. The monoisotopic (exact) mass is 285 g/mol. The van der Waals surface area contributed by atoms with Crippen LogP contribution in [0.2, 0.25) is 0 Å². The van der Waals surface area contributed by atoms with Crippen LogP contribution in [0.5, 0.6) is 0 Å². The Bertz CT molecular complexity index is 419. The molecule has 0 spiro atoms. The third-order valence-corrected chi connectivity index (χ3v) is 5.54. The summed E-state index contributed by atoms with van der Waals surface area (Å²) in [6.45, 7) is 2.57. The Labute approximate surface area is 117 Å². The minimum absolute atomic E-state index is 0.0636. The molecule has 1 saturated carbocycles. The molecule has 1 aromatic rings. The Morgan fingerprint density at radius 1 is 1.37 bits per heavy atom. The summed E-state index contributed by atoms with van der Waals surface area (Å²) in [5.74, 6) is 2.16. The lowest BCUT2D eigenvalue weighted by Gasteiger charge is -2.31. The van der Waals surface area contributed by atoms with Crippen LogP contribution < -0.4 is 5.32 Å². The molecule has 0 bridgehead atoms. The average molecular weight is 285 g/mol. The van der Waals surface area contributed by atoms with E-state index in [4.69, 9.17) is 9.52 Å². The minimum Gasteiger partial charge on any atom is -0.462 e. The molecule has 108 valence electrons. The molecule has 0 amide bonds. The van der Waals surface area contributed by atoms with Crippen molar-refractivity contribution in [1.82, 2.24) is 5.32 Å². The molecular formula is C14H23NO3S. The molecule has 1 aliphatic carbocycles. The predicted octanol–water partition coefficient (Wildman–Crippen LogP) is 1.94. The largest absolute Gasteiger partial charge is 0.462 e. The highest BCUT2D eigenvalue weighted by Gasteiger charge is 2.28. The van der Waals surface area contributed by atoms with Gasteiger partial charge < -0.3 is 14.8 Å². The molecule has 2 N–H and O–H groups in total. The van der Waals surface area contributed by atoms with Crippen molar-refractivity contribution in [3.8, 4) is 0 Å². The maximum Gasteiger partial charge on any atom is 0.129 e. The second kappa shape index (κ2) is 7.22. The van der Waals surface area contributed by atoms with Gasteiger partial charge in [0.15, 0.2) is 0 Å². The van der Waals surface area contributed by atoms with Crippen LogP contribution in [0.4, 0.5) is 0 Å². The molecule has 0 unspecified atom stereocenters. The molecular weight excluding hydrogens is 262 g/mol. The lowest BCUT2D eigenvalue weighted by molar-refractivity contribution is 0.241. The van der Waals surface area contributed by atoms with Gasteiger partial charge in [-0.3, -0.25) is 4.21 Å². The quantitative estimate of drug-likeness (QED) is 0.838. The van der Waals surface area contributed by atoms with Gasteiger partial charge in [0.05, 0.1) is 11.8 Å². The zero-order valence-electron chi connectivity index (χ0n) is 11.4. The Morgan fingerprint density at radius 2 is 2.11 bits per heavy atom. The third kappa shape index (κ3) is 3.91. The number of aliphatic hydroxyl groups excluding tert-OH is 1. The number of hydrogen-bond donors (Lipinski definition) is 2.